The van der Waals surface area contributed by atoms with Crippen molar-refractivity contribution < 1.29 is 24.1 Å². The first-order valence-corrected chi connectivity index (χ1v) is 9.98. The predicted octanol–water partition coefficient (Wildman–Crippen LogP) is 5.87. The minimum atomic E-state index is -0.772. The lowest BCUT2D eigenvalue weighted by atomic mass is 9.73. The fraction of sp³-hybridized carbons (Fsp3) is 0.522. The average molecular weight is 389 g/mol. The Morgan fingerprint density at radius 1 is 1.29 bits per heavy atom. The Balaban J connectivity index is 2.38. The van der Waals surface area contributed by atoms with E-state index >= 15 is 0 Å². The average Bonchev–Trinajstić information content (AvgIpc) is 2.61. The monoisotopic (exact) mass is 388 g/mol. The van der Waals surface area contributed by atoms with Crippen molar-refractivity contribution in [2.45, 2.75) is 59.3 Å². The Labute approximate surface area is 168 Å². The van der Waals surface area contributed by atoms with Crippen LogP contribution in [0.25, 0.3) is 0 Å². The molecule has 0 bridgehead atoms. The van der Waals surface area contributed by atoms with Crippen LogP contribution in [0.1, 0.15) is 64.0 Å². The molecule has 0 spiro atoms. The maximum atomic E-state index is 11.4. The number of benzene rings is 1. The second-order valence-corrected chi connectivity index (χ2v) is 7.40. The zero-order valence-electron chi connectivity index (χ0n) is 17.4. The van der Waals surface area contributed by atoms with Crippen LogP contribution in [-0.4, -0.2) is 24.7 Å². The molecule has 28 heavy (non-hydrogen) atoms. The first-order chi connectivity index (χ1) is 13.4. The third-order valence-electron chi connectivity index (χ3n) is 5.09. The molecule has 2 rings (SSSR count). The molecule has 5 nitrogen and oxygen atoms in total. The van der Waals surface area contributed by atoms with Crippen LogP contribution in [-0.2, 0) is 15.9 Å². The molecule has 1 aliphatic rings. The summed E-state index contributed by atoms with van der Waals surface area (Å²) >= 11 is 0. The topological polar surface area (TPSA) is 65.0 Å². The molecule has 1 aromatic rings. The highest BCUT2D eigenvalue weighted by Crippen LogP contribution is 2.46. The van der Waals surface area contributed by atoms with Gasteiger partial charge in [0.2, 0.25) is 6.79 Å². The first-order valence-electron chi connectivity index (χ1n) is 9.98. The van der Waals surface area contributed by atoms with Gasteiger partial charge in [-0.1, -0.05) is 37.1 Å². The van der Waals surface area contributed by atoms with Crippen LogP contribution in [0, 0.1) is 5.92 Å². The van der Waals surface area contributed by atoms with E-state index in [1.807, 2.05) is 19.1 Å². The Morgan fingerprint density at radius 3 is 2.68 bits per heavy atom. The summed E-state index contributed by atoms with van der Waals surface area (Å²) in [5.74, 6) is 0.939. The van der Waals surface area contributed by atoms with E-state index in [2.05, 4.69) is 26.5 Å². The van der Waals surface area contributed by atoms with Gasteiger partial charge in [0.15, 0.2) is 0 Å². The SMILES string of the molecule is C=C(C)C1CCC(C)=CC1c1c(O)cc(CCC)cc1OCOC(=O)OCC. The van der Waals surface area contributed by atoms with Crippen LogP contribution in [0.5, 0.6) is 11.5 Å². The predicted molar refractivity (Wildman–Crippen MR) is 110 cm³/mol. The number of hydrogen-bond acceptors (Lipinski definition) is 5. The van der Waals surface area contributed by atoms with Crippen molar-refractivity contribution in [3.8, 4) is 11.5 Å². The quantitative estimate of drug-likeness (QED) is 0.343. The van der Waals surface area contributed by atoms with Gasteiger partial charge in [0, 0.05) is 11.5 Å². The first kappa shape index (κ1) is 21.9. The van der Waals surface area contributed by atoms with Crippen LogP contribution in [0.3, 0.4) is 0 Å². The fourth-order valence-corrected chi connectivity index (χ4v) is 3.76. The number of carbonyl (C=O) groups is 1. The number of carbonyl (C=O) groups excluding carboxylic acids is 1. The number of allylic oxidation sites excluding steroid dienone is 3. The molecule has 1 N–H and O–H groups in total. The molecule has 5 heteroatoms. The largest absolute Gasteiger partial charge is 0.511 e. The highest BCUT2D eigenvalue weighted by molar-refractivity contribution is 5.59. The van der Waals surface area contributed by atoms with E-state index in [1.165, 1.54) is 5.57 Å². The van der Waals surface area contributed by atoms with Crippen LogP contribution in [0.15, 0.2) is 35.9 Å². The molecule has 1 aromatic carbocycles. The molecule has 0 amide bonds. The number of hydrogen-bond donors (Lipinski definition) is 1. The van der Waals surface area contributed by atoms with E-state index in [9.17, 15) is 9.90 Å². The van der Waals surface area contributed by atoms with Crippen molar-refractivity contribution in [3.63, 3.8) is 0 Å². The Kier molecular flexibility index (Phi) is 7.97. The number of phenols is 1. The van der Waals surface area contributed by atoms with Crippen LogP contribution < -0.4 is 4.74 Å². The van der Waals surface area contributed by atoms with Crippen molar-refractivity contribution >= 4 is 6.16 Å². The van der Waals surface area contributed by atoms with Gasteiger partial charge in [-0.05, 0) is 63.6 Å². The van der Waals surface area contributed by atoms with Gasteiger partial charge in [-0.25, -0.2) is 4.79 Å². The van der Waals surface area contributed by atoms with E-state index in [1.54, 1.807) is 6.92 Å². The van der Waals surface area contributed by atoms with Crippen molar-refractivity contribution in [1.82, 2.24) is 0 Å². The molecule has 154 valence electrons. The van der Waals surface area contributed by atoms with E-state index in [4.69, 9.17) is 14.2 Å². The number of ether oxygens (including phenoxy) is 3. The summed E-state index contributed by atoms with van der Waals surface area (Å²) in [5, 5.41) is 10.9. The van der Waals surface area contributed by atoms with Gasteiger partial charge in [-0.2, -0.15) is 0 Å². The van der Waals surface area contributed by atoms with Gasteiger partial charge in [0.25, 0.3) is 0 Å². The molecule has 0 aliphatic heterocycles. The molecule has 0 radical (unpaired) electrons. The summed E-state index contributed by atoms with van der Waals surface area (Å²) in [6.07, 6.45) is 5.20. The molecule has 0 fully saturated rings. The molecule has 0 saturated carbocycles. The van der Waals surface area contributed by atoms with E-state index in [-0.39, 0.29) is 31.0 Å². The molecule has 0 heterocycles. The molecule has 0 aromatic heterocycles. The molecule has 1 aliphatic carbocycles. The van der Waals surface area contributed by atoms with Gasteiger partial charge in [0.1, 0.15) is 11.5 Å². The molecular formula is C23H32O5. The summed E-state index contributed by atoms with van der Waals surface area (Å²) in [6.45, 7) is 12.0. The minimum absolute atomic E-state index is 0.0282. The molecule has 2 unspecified atom stereocenters. The summed E-state index contributed by atoms with van der Waals surface area (Å²) in [6, 6.07) is 3.74. The maximum absolute atomic E-state index is 11.4. The van der Waals surface area contributed by atoms with E-state index in [0.717, 1.165) is 42.4 Å². The molecule has 2 atom stereocenters. The minimum Gasteiger partial charge on any atom is -0.507 e. The summed E-state index contributed by atoms with van der Waals surface area (Å²) < 4.78 is 15.5. The Hall–Kier alpha value is -2.43. The van der Waals surface area contributed by atoms with Crippen molar-refractivity contribution in [2.75, 3.05) is 13.4 Å². The number of aryl methyl sites for hydroxylation is 1. The molecule has 0 saturated heterocycles. The number of aromatic hydroxyl groups is 1. The van der Waals surface area contributed by atoms with Gasteiger partial charge >= 0.3 is 6.16 Å². The Morgan fingerprint density at radius 2 is 2.04 bits per heavy atom. The van der Waals surface area contributed by atoms with E-state index in [0.29, 0.717) is 5.75 Å². The van der Waals surface area contributed by atoms with Crippen molar-refractivity contribution in [3.05, 3.63) is 47.1 Å². The highest BCUT2D eigenvalue weighted by atomic mass is 16.8. The van der Waals surface area contributed by atoms with E-state index < -0.39 is 6.16 Å². The lowest BCUT2D eigenvalue weighted by Gasteiger charge is -2.32. The fourth-order valence-electron chi connectivity index (χ4n) is 3.76. The second-order valence-electron chi connectivity index (χ2n) is 7.40. The second kappa shape index (κ2) is 10.2. The summed E-state index contributed by atoms with van der Waals surface area (Å²) in [5.41, 5.74) is 4.07. The lowest BCUT2D eigenvalue weighted by molar-refractivity contribution is 0.00635. The molecular weight excluding hydrogens is 356 g/mol. The van der Waals surface area contributed by atoms with Crippen molar-refractivity contribution in [2.24, 2.45) is 5.92 Å². The smallest absolute Gasteiger partial charge is 0.507 e. The van der Waals surface area contributed by atoms with Gasteiger partial charge in [-0.15, -0.1) is 0 Å². The Bertz CT molecular complexity index is 735. The summed E-state index contributed by atoms with van der Waals surface area (Å²) in [7, 11) is 0. The number of rotatable bonds is 8. The number of phenolic OH excluding ortho intramolecular Hbond substituents is 1. The standard InChI is InChI=1S/C23H32O5/c1-6-8-17-12-20(24)22(19-11-16(5)9-10-18(19)15(3)4)21(13-17)27-14-28-23(25)26-7-2/h11-13,18-19,24H,3,6-10,14H2,1-2,4-5H3. The third kappa shape index (κ3) is 5.54. The van der Waals surface area contributed by atoms with Crippen LogP contribution in [0.2, 0.25) is 0 Å². The van der Waals surface area contributed by atoms with Gasteiger partial charge < -0.3 is 19.3 Å². The van der Waals surface area contributed by atoms with Crippen LogP contribution in [0.4, 0.5) is 4.79 Å². The summed E-state index contributed by atoms with van der Waals surface area (Å²) in [4.78, 5) is 11.4. The third-order valence-corrected chi connectivity index (χ3v) is 5.09. The maximum Gasteiger partial charge on any atom is 0.511 e. The van der Waals surface area contributed by atoms with Gasteiger partial charge in [0.05, 0.1) is 6.61 Å². The highest BCUT2D eigenvalue weighted by Gasteiger charge is 2.30. The zero-order chi connectivity index (χ0) is 20.7. The van der Waals surface area contributed by atoms with Crippen molar-refractivity contribution in [1.29, 1.82) is 0 Å². The van der Waals surface area contributed by atoms with Crippen LogP contribution >= 0.6 is 0 Å². The normalized spacial score (nSPS) is 18.9. The van der Waals surface area contributed by atoms with Gasteiger partial charge in [-0.3, -0.25) is 0 Å². The zero-order valence-corrected chi connectivity index (χ0v) is 17.4. The lowest BCUT2D eigenvalue weighted by Crippen LogP contribution is -2.19.